The monoisotopic (exact) mass is 454 g/mol. The molecule has 0 radical (unpaired) electrons. The summed E-state index contributed by atoms with van der Waals surface area (Å²) in [5.41, 5.74) is 3.78. The second kappa shape index (κ2) is 10.6. The first-order chi connectivity index (χ1) is 16.6. The number of hydrogen-bond donors (Lipinski definition) is 1. The predicted octanol–water partition coefficient (Wildman–Crippen LogP) is 6.12. The van der Waals surface area contributed by atoms with Crippen LogP contribution in [0.1, 0.15) is 40.5 Å². The molecule has 0 fully saturated rings. The second-order valence-corrected chi connectivity index (χ2v) is 7.83. The van der Waals surface area contributed by atoms with Crippen LogP contribution in [0.25, 0.3) is 22.2 Å². The number of carbonyl (C=O) groups excluding carboxylic acids is 2. The van der Waals surface area contributed by atoms with Gasteiger partial charge in [0.25, 0.3) is 5.91 Å². The number of rotatable bonds is 8. The van der Waals surface area contributed by atoms with E-state index in [-0.39, 0.29) is 11.9 Å². The molecule has 0 spiro atoms. The number of esters is 1. The number of anilines is 1. The molecular formula is C28H26N2O4. The lowest BCUT2D eigenvalue weighted by Gasteiger charge is -2.12. The molecule has 0 saturated heterocycles. The third kappa shape index (κ3) is 5.23. The fraction of sp³-hybridized carbons (Fsp3) is 0.179. The molecule has 4 aromatic rings. The molecule has 1 amide bonds. The van der Waals surface area contributed by atoms with E-state index < -0.39 is 0 Å². The summed E-state index contributed by atoms with van der Waals surface area (Å²) in [4.78, 5) is 30.1. The minimum absolute atomic E-state index is 0.263. The summed E-state index contributed by atoms with van der Waals surface area (Å²) < 4.78 is 10.6. The highest BCUT2D eigenvalue weighted by molar-refractivity contribution is 6.13. The maximum atomic E-state index is 13.3. The molecule has 3 aromatic carbocycles. The van der Waals surface area contributed by atoms with Gasteiger partial charge in [0.1, 0.15) is 5.75 Å². The van der Waals surface area contributed by atoms with Crippen LogP contribution in [0.4, 0.5) is 5.69 Å². The maximum absolute atomic E-state index is 13.3. The molecule has 1 N–H and O–H groups in total. The summed E-state index contributed by atoms with van der Waals surface area (Å²) in [7, 11) is 1.61. The van der Waals surface area contributed by atoms with Crippen molar-refractivity contribution in [3.05, 3.63) is 90.0 Å². The third-order valence-corrected chi connectivity index (χ3v) is 5.44. The van der Waals surface area contributed by atoms with E-state index in [0.29, 0.717) is 34.9 Å². The van der Waals surface area contributed by atoms with Crippen LogP contribution in [-0.4, -0.2) is 30.6 Å². The number of fused-ring (bicyclic) bond motifs is 1. The quantitative estimate of drug-likeness (QED) is 0.256. The molecule has 6 nitrogen and oxygen atoms in total. The highest BCUT2D eigenvalue weighted by atomic mass is 16.5. The Morgan fingerprint density at radius 1 is 0.941 bits per heavy atom. The van der Waals surface area contributed by atoms with Gasteiger partial charge in [0.15, 0.2) is 0 Å². The van der Waals surface area contributed by atoms with Crippen molar-refractivity contribution in [1.82, 2.24) is 4.98 Å². The lowest BCUT2D eigenvalue weighted by molar-refractivity contribution is 0.0499. The van der Waals surface area contributed by atoms with Gasteiger partial charge in [0.05, 0.1) is 36.1 Å². The molecule has 34 heavy (non-hydrogen) atoms. The van der Waals surface area contributed by atoms with Crippen LogP contribution in [0.3, 0.4) is 0 Å². The van der Waals surface area contributed by atoms with E-state index in [1.54, 1.807) is 37.4 Å². The molecule has 172 valence electrons. The molecule has 4 rings (SSSR count). The van der Waals surface area contributed by atoms with Crippen LogP contribution < -0.4 is 10.1 Å². The number of pyridine rings is 1. The molecule has 6 heteroatoms. The summed E-state index contributed by atoms with van der Waals surface area (Å²) in [6.45, 7) is 2.44. The van der Waals surface area contributed by atoms with Crippen molar-refractivity contribution in [3.8, 4) is 17.0 Å². The molecule has 0 aliphatic carbocycles. The second-order valence-electron chi connectivity index (χ2n) is 7.83. The van der Waals surface area contributed by atoms with Crippen LogP contribution in [0, 0.1) is 0 Å². The Bertz CT molecular complexity index is 1320. The molecule has 0 aliphatic rings. The number of nitrogens with zero attached hydrogens (tertiary/aromatic N) is 1. The summed E-state index contributed by atoms with van der Waals surface area (Å²) in [6, 6.07) is 23.6. The Morgan fingerprint density at radius 2 is 1.74 bits per heavy atom. The van der Waals surface area contributed by atoms with Crippen molar-refractivity contribution in [2.45, 2.75) is 19.8 Å². The average Bonchev–Trinajstić information content (AvgIpc) is 2.88. The number of methoxy groups -OCH3 is 1. The van der Waals surface area contributed by atoms with Gasteiger partial charge < -0.3 is 14.8 Å². The molecule has 1 aromatic heterocycles. The lowest BCUT2D eigenvalue weighted by atomic mass is 10.0. The molecule has 0 saturated carbocycles. The minimum atomic E-state index is -0.366. The minimum Gasteiger partial charge on any atom is -0.497 e. The molecular weight excluding hydrogens is 428 g/mol. The summed E-state index contributed by atoms with van der Waals surface area (Å²) in [5, 5.41) is 3.68. The number of hydrogen-bond acceptors (Lipinski definition) is 5. The highest BCUT2D eigenvalue weighted by Crippen LogP contribution is 2.28. The fourth-order valence-corrected chi connectivity index (χ4v) is 3.57. The third-order valence-electron chi connectivity index (χ3n) is 5.44. The van der Waals surface area contributed by atoms with Crippen molar-refractivity contribution >= 4 is 28.5 Å². The van der Waals surface area contributed by atoms with E-state index in [0.717, 1.165) is 29.3 Å². The first-order valence-electron chi connectivity index (χ1n) is 11.2. The van der Waals surface area contributed by atoms with Crippen molar-refractivity contribution in [3.63, 3.8) is 0 Å². The van der Waals surface area contributed by atoms with Crippen LogP contribution in [0.2, 0.25) is 0 Å². The highest BCUT2D eigenvalue weighted by Gasteiger charge is 2.15. The lowest BCUT2D eigenvalue weighted by Crippen LogP contribution is -2.13. The first-order valence-corrected chi connectivity index (χ1v) is 11.2. The van der Waals surface area contributed by atoms with Crippen LogP contribution in [-0.2, 0) is 4.74 Å². The van der Waals surface area contributed by atoms with Gasteiger partial charge in [-0.15, -0.1) is 0 Å². The molecule has 0 atom stereocenters. The van der Waals surface area contributed by atoms with Gasteiger partial charge in [-0.05, 0) is 55.0 Å². The van der Waals surface area contributed by atoms with E-state index in [1.165, 1.54) is 0 Å². The molecule has 1 heterocycles. The normalized spacial score (nSPS) is 10.6. The zero-order valence-electron chi connectivity index (χ0n) is 19.2. The number of amides is 1. The number of carbonyl (C=O) groups is 2. The molecule has 0 bridgehead atoms. The summed E-state index contributed by atoms with van der Waals surface area (Å²) >= 11 is 0. The number of unbranched alkanes of at least 4 members (excludes halogenated alkanes) is 1. The Hall–Kier alpha value is -4.19. The number of benzene rings is 3. The van der Waals surface area contributed by atoms with Crippen molar-refractivity contribution < 1.29 is 19.1 Å². The largest absolute Gasteiger partial charge is 0.497 e. The van der Waals surface area contributed by atoms with Gasteiger partial charge in [0, 0.05) is 16.6 Å². The van der Waals surface area contributed by atoms with Gasteiger partial charge in [-0.1, -0.05) is 43.7 Å². The zero-order valence-corrected chi connectivity index (χ0v) is 19.2. The number of ether oxygens (including phenoxy) is 2. The summed E-state index contributed by atoms with van der Waals surface area (Å²) in [6.07, 6.45) is 1.79. The van der Waals surface area contributed by atoms with Crippen LogP contribution >= 0.6 is 0 Å². The Kier molecular flexibility index (Phi) is 7.18. The van der Waals surface area contributed by atoms with Gasteiger partial charge in [-0.2, -0.15) is 0 Å². The van der Waals surface area contributed by atoms with Crippen molar-refractivity contribution in [1.29, 1.82) is 0 Å². The fourth-order valence-electron chi connectivity index (χ4n) is 3.57. The number of nitrogens with one attached hydrogen (secondary N) is 1. The predicted molar refractivity (Wildman–Crippen MR) is 133 cm³/mol. The van der Waals surface area contributed by atoms with Crippen LogP contribution in [0.5, 0.6) is 5.75 Å². The maximum Gasteiger partial charge on any atom is 0.338 e. The Morgan fingerprint density at radius 3 is 2.50 bits per heavy atom. The van der Waals surface area contributed by atoms with Gasteiger partial charge in [-0.25, -0.2) is 9.78 Å². The van der Waals surface area contributed by atoms with E-state index in [2.05, 4.69) is 5.32 Å². The average molecular weight is 455 g/mol. The van der Waals surface area contributed by atoms with Crippen LogP contribution in [0.15, 0.2) is 78.9 Å². The van der Waals surface area contributed by atoms with Crippen molar-refractivity contribution in [2.75, 3.05) is 19.0 Å². The van der Waals surface area contributed by atoms with E-state index in [9.17, 15) is 9.59 Å². The Balaban J connectivity index is 1.60. The van der Waals surface area contributed by atoms with E-state index in [4.69, 9.17) is 14.5 Å². The van der Waals surface area contributed by atoms with E-state index >= 15 is 0 Å². The van der Waals surface area contributed by atoms with Gasteiger partial charge in [0.2, 0.25) is 0 Å². The topological polar surface area (TPSA) is 77.5 Å². The number of aromatic nitrogens is 1. The van der Waals surface area contributed by atoms with Gasteiger partial charge >= 0.3 is 5.97 Å². The van der Waals surface area contributed by atoms with Gasteiger partial charge in [-0.3, -0.25) is 4.79 Å². The zero-order chi connectivity index (χ0) is 23.9. The summed E-state index contributed by atoms with van der Waals surface area (Å²) in [5.74, 6) is 0.0853. The Labute approximate surface area is 198 Å². The first kappa shape index (κ1) is 23.0. The number of para-hydroxylation sites is 1. The standard InChI is InChI=1S/C28H26N2O4/c1-3-4-16-34-28(32)19-12-14-21(15-13-19)29-27(31)24-18-26(20-8-7-9-22(17-20)33-2)30-25-11-6-5-10-23(24)25/h5-15,17-18H,3-4,16H2,1-2H3,(H,29,31). The smallest absolute Gasteiger partial charge is 0.338 e. The molecule has 0 aliphatic heterocycles. The van der Waals surface area contributed by atoms with E-state index in [1.807, 2.05) is 55.5 Å². The van der Waals surface area contributed by atoms with Crippen molar-refractivity contribution in [2.24, 2.45) is 0 Å². The molecule has 0 unspecified atom stereocenters. The SMILES string of the molecule is CCCCOC(=O)c1ccc(NC(=O)c2cc(-c3cccc(OC)c3)nc3ccccc23)cc1.